The molecule has 110 valence electrons. The Morgan fingerprint density at radius 2 is 2.00 bits per heavy atom. The van der Waals surface area contributed by atoms with Crippen LogP contribution in [-0.2, 0) is 6.54 Å². The van der Waals surface area contributed by atoms with E-state index in [1.807, 2.05) is 0 Å². The van der Waals surface area contributed by atoms with Crippen molar-refractivity contribution < 1.29 is 4.79 Å². The average Bonchev–Trinajstić information content (AvgIpc) is 2.47. The molecule has 5 nitrogen and oxygen atoms in total. The van der Waals surface area contributed by atoms with Crippen LogP contribution in [0.3, 0.4) is 0 Å². The minimum atomic E-state index is -0.445. The first-order valence-electron chi connectivity index (χ1n) is 6.13. The molecular formula is C14H13Cl2N3O2. The Morgan fingerprint density at radius 1 is 1.24 bits per heavy atom. The number of hydrogen-bond acceptors (Lipinski definition) is 2. The summed E-state index contributed by atoms with van der Waals surface area (Å²) in [4.78, 5) is 23.5. The number of hydrogen-bond donors (Lipinski definition) is 2. The van der Waals surface area contributed by atoms with Gasteiger partial charge in [-0.05, 0) is 29.8 Å². The number of amides is 2. The number of anilines is 1. The Hall–Kier alpha value is -1.98. The molecule has 0 saturated carbocycles. The van der Waals surface area contributed by atoms with Gasteiger partial charge >= 0.3 is 6.03 Å². The Morgan fingerprint density at radius 3 is 2.67 bits per heavy atom. The van der Waals surface area contributed by atoms with Gasteiger partial charge in [0, 0.05) is 13.2 Å². The van der Waals surface area contributed by atoms with Crippen LogP contribution >= 0.6 is 23.2 Å². The van der Waals surface area contributed by atoms with Crippen LogP contribution in [0.4, 0.5) is 10.5 Å². The minimum Gasteiger partial charge on any atom is -0.341 e. The molecule has 0 spiro atoms. The molecule has 0 bridgehead atoms. The third-order valence-electron chi connectivity index (χ3n) is 2.83. The Bertz CT molecular complexity index is 728. The van der Waals surface area contributed by atoms with E-state index in [4.69, 9.17) is 23.2 Å². The molecule has 1 heterocycles. The highest BCUT2D eigenvalue weighted by Crippen LogP contribution is 2.22. The molecule has 7 heteroatoms. The van der Waals surface area contributed by atoms with Crippen LogP contribution in [0.5, 0.6) is 0 Å². The quantitative estimate of drug-likeness (QED) is 0.911. The van der Waals surface area contributed by atoms with Gasteiger partial charge in [0.25, 0.3) is 5.56 Å². The van der Waals surface area contributed by atoms with Crippen LogP contribution in [0.1, 0.15) is 5.56 Å². The molecule has 1 aromatic carbocycles. The number of aromatic nitrogens is 1. The molecule has 2 amide bonds. The summed E-state index contributed by atoms with van der Waals surface area (Å²) in [6.45, 7) is 0.332. The van der Waals surface area contributed by atoms with Gasteiger partial charge in [-0.3, -0.25) is 4.79 Å². The van der Waals surface area contributed by atoms with E-state index in [-0.39, 0.29) is 11.2 Å². The molecule has 21 heavy (non-hydrogen) atoms. The average molecular weight is 326 g/mol. The molecule has 0 saturated heterocycles. The summed E-state index contributed by atoms with van der Waals surface area (Å²) in [5, 5.41) is 5.76. The summed E-state index contributed by atoms with van der Waals surface area (Å²) in [6.07, 6.45) is 1.64. The zero-order chi connectivity index (χ0) is 15.4. The van der Waals surface area contributed by atoms with E-state index in [1.165, 1.54) is 11.6 Å². The SMILES string of the molecule is CNC(=O)Nc1cccn(Cc2ccc(Cl)c(Cl)c2)c1=O. The fraction of sp³-hybridized carbons (Fsp3) is 0.143. The van der Waals surface area contributed by atoms with Gasteiger partial charge in [-0.2, -0.15) is 0 Å². The number of nitrogens with zero attached hydrogens (tertiary/aromatic N) is 1. The van der Waals surface area contributed by atoms with Gasteiger partial charge in [-0.1, -0.05) is 29.3 Å². The van der Waals surface area contributed by atoms with Gasteiger partial charge in [0.15, 0.2) is 0 Å². The smallest absolute Gasteiger partial charge is 0.319 e. The summed E-state index contributed by atoms with van der Waals surface area (Å²) in [6, 6.07) is 7.96. The van der Waals surface area contributed by atoms with E-state index in [1.54, 1.807) is 36.5 Å². The molecule has 2 rings (SSSR count). The molecule has 0 atom stereocenters. The monoisotopic (exact) mass is 325 g/mol. The normalized spacial score (nSPS) is 10.2. The largest absolute Gasteiger partial charge is 0.341 e. The zero-order valence-corrected chi connectivity index (χ0v) is 12.7. The molecule has 2 N–H and O–H groups in total. The molecule has 0 aliphatic rings. The lowest BCUT2D eigenvalue weighted by atomic mass is 10.2. The second-order valence-corrected chi connectivity index (χ2v) is 5.12. The Labute approximate surface area is 131 Å². The van der Waals surface area contributed by atoms with Crippen molar-refractivity contribution in [2.45, 2.75) is 6.54 Å². The molecule has 0 aliphatic heterocycles. The van der Waals surface area contributed by atoms with Crippen molar-refractivity contribution in [2.75, 3.05) is 12.4 Å². The summed E-state index contributed by atoms with van der Waals surface area (Å²) in [5.74, 6) is 0. The van der Waals surface area contributed by atoms with Crippen molar-refractivity contribution >= 4 is 34.9 Å². The second-order valence-electron chi connectivity index (χ2n) is 4.31. The summed E-state index contributed by atoms with van der Waals surface area (Å²) >= 11 is 11.8. The van der Waals surface area contributed by atoms with Gasteiger partial charge in [0.2, 0.25) is 0 Å². The fourth-order valence-electron chi connectivity index (χ4n) is 1.78. The maximum Gasteiger partial charge on any atom is 0.319 e. The second kappa shape index (κ2) is 6.65. The van der Waals surface area contributed by atoms with E-state index < -0.39 is 6.03 Å². The maximum atomic E-state index is 12.2. The first-order valence-corrected chi connectivity index (χ1v) is 6.89. The zero-order valence-electron chi connectivity index (χ0n) is 11.2. The minimum absolute atomic E-state index is 0.205. The van der Waals surface area contributed by atoms with Crippen LogP contribution in [0.25, 0.3) is 0 Å². The third-order valence-corrected chi connectivity index (χ3v) is 3.57. The molecular weight excluding hydrogens is 313 g/mol. The number of rotatable bonds is 3. The third kappa shape index (κ3) is 3.77. The summed E-state index contributed by atoms with van der Waals surface area (Å²) in [7, 11) is 1.48. The van der Waals surface area contributed by atoms with Crippen molar-refractivity contribution in [1.82, 2.24) is 9.88 Å². The highest BCUT2D eigenvalue weighted by atomic mass is 35.5. The molecule has 2 aromatic rings. The van der Waals surface area contributed by atoms with Crippen LogP contribution in [0, 0.1) is 0 Å². The van der Waals surface area contributed by atoms with Gasteiger partial charge < -0.3 is 15.2 Å². The van der Waals surface area contributed by atoms with Gasteiger partial charge in [-0.25, -0.2) is 4.79 Å². The predicted octanol–water partition coefficient (Wildman–Crippen LogP) is 2.95. The first kappa shape index (κ1) is 15.4. The van der Waals surface area contributed by atoms with Gasteiger partial charge in [-0.15, -0.1) is 0 Å². The number of pyridine rings is 1. The van der Waals surface area contributed by atoms with E-state index in [0.29, 0.717) is 16.6 Å². The predicted molar refractivity (Wildman–Crippen MR) is 84.3 cm³/mol. The van der Waals surface area contributed by atoms with E-state index >= 15 is 0 Å². The lowest BCUT2D eigenvalue weighted by Crippen LogP contribution is -2.30. The standard InChI is InChI=1S/C14H13Cl2N3O2/c1-17-14(21)18-12-3-2-6-19(13(12)20)8-9-4-5-10(15)11(16)7-9/h2-7H,8H2,1H3,(H2,17,18,21). The van der Waals surface area contributed by atoms with Crippen LogP contribution in [-0.4, -0.2) is 17.6 Å². The van der Waals surface area contributed by atoms with Crippen molar-refractivity contribution in [3.05, 3.63) is 62.5 Å². The van der Waals surface area contributed by atoms with Crippen LogP contribution < -0.4 is 16.2 Å². The topological polar surface area (TPSA) is 63.1 Å². The lowest BCUT2D eigenvalue weighted by molar-refractivity contribution is 0.254. The number of halogens is 2. The van der Waals surface area contributed by atoms with Crippen molar-refractivity contribution in [1.29, 1.82) is 0 Å². The van der Waals surface area contributed by atoms with Gasteiger partial charge in [0.05, 0.1) is 16.6 Å². The lowest BCUT2D eigenvalue weighted by Gasteiger charge is -2.09. The highest BCUT2D eigenvalue weighted by molar-refractivity contribution is 6.42. The van der Waals surface area contributed by atoms with Crippen molar-refractivity contribution in [3.8, 4) is 0 Å². The van der Waals surface area contributed by atoms with Crippen molar-refractivity contribution in [3.63, 3.8) is 0 Å². The highest BCUT2D eigenvalue weighted by Gasteiger charge is 2.07. The number of nitrogens with one attached hydrogen (secondary N) is 2. The van der Waals surface area contributed by atoms with E-state index in [9.17, 15) is 9.59 Å². The molecule has 1 aromatic heterocycles. The Kier molecular flexibility index (Phi) is 4.88. The summed E-state index contributed by atoms with van der Waals surface area (Å²) in [5.41, 5.74) is 0.743. The fourth-order valence-corrected chi connectivity index (χ4v) is 2.10. The van der Waals surface area contributed by atoms with E-state index in [0.717, 1.165) is 5.56 Å². The van der Waals surface area contributed by atoms with Crippen molar-refractivity contribution in [2.24, 2.45) is 0 Å². The molecule has 0 fully saturated rings. The molecule has 0 aliphatic carbocycles. The molecule has 0 unspecified atom stereocenters. The van der Waals surface area contributed by atoms with Crippen LogP contribution in [0.15, 0.2) is 41.3 Å². The molecule has 0 radical (unpaired) electrons. The number of benzene rings is 1. The maximum absolute atomic E-state index is 12.2. The van der Waals surface area contributed by atoms with Gasteiger partial charge in [0.1, 0.15) is 5.69 Å². The number of carbonyl (C=O) groups is 1. The Balaban J connectivity index is 2.28. The number of carbonyl (C=O) groups excluding carboxylic acids is 1. The summed E-state index contributed by atoms with van der Waals surface area (Å²) < 4.78 is 1.48. The van der Waals surface area contributed by atoms with E-state index in [2.05, 4.69) is 10.6 Å². The number of urea groups is 1. The first-order chi connectivity index (χ1) is 10.0. The van der Waals surface area contributed by atoms with Crippen LogP contribution in [0.2, 0.25) is 10.0 Å².